The molecule has 0 unspecified atom stereocenters. The van der Waals surface area contributed by atoms with E-state index in [-0.39, 0.29) is 11.6 Å². The maximum absolute atomic E-state index is 12.2. The molecule has 0 aliphatic heterocycles. The van der Waals surface area contributed by atoms with Gasteiger partial charge in [-0.25, -0.2) is 4.68 Å². The smallest absolute Gasteiger partial charge is 0.406 e. The van der Waals surface area contributed by atoms with Crippen LogP contribution in [0.1, 0.15) is 5.69 Å². The van der Waals surface area contributed by atoms with Gasteiger partial charge in [-0.05, 0) is 24.3 Å². The summed E-state index contributed by atoms with van der Waals surface area (Å²) in [7, 11) is 0. The van der Waals surface area contributed by atoms with Crippen molar-refractivity contribution in [2.24, 2.45) is 0 Å². The Morgan fingerprint density at radius 2 is 1.67 bits per heavy atom. The molecule has 1 heterocycles. The molecule has 0 saturated heterocycles. The van der Waals surface area contributed by atoms with Crippen molar-refractivity contribution in [3.63, 3.8) is 0 Å². The van der Waals surface area contributed by atoms with Crippen LogP contribution in [0.4, 0.5) is 13.2 Å². The molecule has 0 atom stereocenters. The van der Waals surface area contributed by atoms with Crippen molar-refractivity contribution in [1.29, 1.82) is 0 Å². The van der Waals surface area contributed by atoms with Gasteiger partial charge in [-0.15, -0.1) is 29.9 Å². The maximum Gasteiger partial charge on any atom is 0.573 e. The van der Waals surface area contributed by atoms with Crippen molar-refractivity contribution in [3.05, 3.63) is 60.3 Å². The Bertz CT molecular complexity index is 817. The number of aromatic nitrogens is 3. The summed E-state index contributed by atoms with van der Waals surface area (Å²) in [6, 6.07) is 14.8. The first kappa shape index (κ1) is 16.3. The highest BCUT2D eigenvalue weighted by Gasteiger charge is 2.31. The fraction of sp³-hybridized carbons (Fsp3) is 0.125. The first-order valence-electron chi connectivity index (χ1n) is 6.90. The molecule has 0 aliphatic rings. The number of hydrogen-bond donors (Lipinski definition) is 0. The lowest BCUT2D eigenvalue weighted by molar-refractivity contribution is -0.274. The normalized spacial score (nSPS) is 11.5. The molecule has 0 fully saturated rings. The predicted octanol–water partition coefficient (Wildman–Crippen LogP) is 4.57. The number of alkyl halides is 4. The fourth-order valence-electron chi connectivity index (χ4n) is 2.26. The lowest BCUT2D eigenvalue weighted by atomic mass is 10.1. The lowest BCUT2D eigenvalue weighted by Crippen LogP contribution is -2.17. The Balaban J connectivity index is 2.00. The van der Waals surface area contributed by atoms with Crippen LogP contribution in [0.5, 0.6) is 5.75 Å². The van der Waals surface area contributed by atoms with E-state index in [9.17, 15) is 13.2 Å². The van der Waals surface area contributed by atoms with E-state index in [0.29, 0.717) is 17.1 Å². The van der Waals surface area contributed by atoms with E-state index < -0.39 is 6.36 Å². The van der Waals surface area contributed by atoms with Crippen molar-refractivity contribution < 1.29 is 17.9 Å². The number of rotatable bonds is 4. The van der Waals surface area contributed by atoms with E-state index in [4.69, 9.17) is 11.6 Å². The van der Waals surface area contributed by atoms with E-state index in [1.165, 1.54) is 28.9 Å². The van der Waals surface area contributed by atoms with E-state index in [0.717, 1.165) is 5.56 Å². The van der Waals surface area contributed by atoms with Gasteiger partial charge in [0, 0.05) is 5.56 Å². The zero-order chi connectivity index (χ0) is 17.2. The number of benzene rings is 2. The molecule has 0 saturated carbocycles. The molecule has 8 heteroatoms. The van der Waals surface area contributed by atoms with Gasteiger partial charge in [0.05, 0.1) is 17.3 Å². The van der Waals surface area contributed by atoms with Gasteiger partial charge in [-0.2, -0.15) is 0 Å². The molecule has 0 radical (unpaired) electrons. The molecule has 0 amide bonds. The number of halogens is 4. The van der Waals surface area contributed by atoms with Gasteiger partial charge in [0.1, 0.15) is 11.4 Å². The second-order valence-corrected chi connectivity index (χ2v) is 5.11. The predicted molar refractivity (Wildman–Crippen MR) is 83.0 cm³/mol. The van der Waals surface area contributed by atoms with Gasteiger partial charge < -0.3 is 4.74 Å². The summed E-state index contributed by atoms with van der Waals surface area (Å²) in [5.74, 6) is -0.135. The van der Waals surface area contributed by atoms with Crippen molar-refractivity contribution in [2.75, 3.05) is 0 Å². The second kappa shape index (κ2) is 6.52. The molecule has 0 spiro atoms. The summed E-state index contributed by atoms with van der Waals surface area (Å²) in [6.45, 7) is 0. The van der Waals surface area contributed by atoms with Gasteiger partial charge >= 0.3 is 6.36 Å². The average molecular weight is 354 g/mol. The molecular formula is C16H11ClF3N3O. The van der Waals surface area contributed by atoms with Crippen molar-refractivity contribution >= 4 is 11.6 Å². The topological polar surface area (TPSA) is 39.9 Å². The van der Waals surface area contributed by atoms with E-state index >= 15 is 0 Å². The van der Waals surface area contributed by atoms with E-state index in [1.54, 1.807) is 0 Å². The quantitative estimate of drug-likeness (QED) is 0.645. The third-order valence-corrected chi connectivity index (χ3v) is 3.48. The van der Waals surface area contributed by atoms with Gasteiger partial charge in [-0.3, -0.25) is 0 Å². The Morgan fingerprint density at radius 1 is 1.00 bits per heavy atom. The van der Waals surface area contributed by atoms with Gasteiger partial charge in [-0.1, -0.05) is 35.5 Å². The number of hydrogen-bond acceptors (Lipinski definition) is 3. The monoisotopic (exact) mass is 353 g/mol. The fourth-order valence-corrected chi connectivity index (χ4v) is 2.44. The lowest BCUT2D eigenvalue weighted by Gasteiger charge is -2.11. The van der Waals surface area contributed by atoms with Crippen LogP contribution in [-0.4, -0.2) is 21.4 Å². The third-order valence-electron chi connectivity index (χ3n) is 3.23. The summed E-state index contributed by atoms with van der Waals surface area (Å²) in [6.07, 6.45) is -4.73. The SMILES string of the molecule is FC(F)(F)Oc1ccc(-n2nnc(CCl)c2-c2ccccc2)cc1. The average Bonchev–Trinajstić information content (AvgIpc) is 2.99. The largest absolute Gasteiger partial charge is 0.573 e. The van der Waals surface area contributed by atoms with Crippen LogP contribution in [0.2, 0.25) is 0 Å². The van der Waals surface area contributed by atoms with Crippen LogP contribution < -0.4 is 4.74 Å². The van der Waals surface area contributed by atoms with Crippen molar-refractivity contribution in [1.82, 2.24) is 15.0 Å². The first-order chi connectivity index (χ1) is 11.5. The summed E-state index contributed by atoms with van der Waals surface area (Å²) in [4.78, 5) is 0. The third kappa shape index (κ3) is 3.51. The van der Waals surface area contributed by atoms with Crippen LogP contribution in [0.15, 0.2) is 54.6 Å². The zero-order valence-corrected chi connectivity index (χ0v) is 12.9. The summed E-state index contributed by atoms with van der Waals surface area (Å²) >= 11 is 5.92. The Kier molecular flexibility index (Phi) is 4.44. The highest BCUT2D eigenvalue weighted by atomic mass is 35.5. The summed E-state index contributed by atoms with van der Waals surface area (Å²) in [5, 5.41) is 8.10. The van der Waals surface area contributed by atoms with Crippen molar-refractivity contribution in [3.8, 4) is 22.7 Å². The highest BCUT2D eigenvalue weighted by Crippen LogP contribution is 2.28. The second-order valence-electron chi connectivity index (χ2n) is 4.84. The highest BCUT2D eigenvalue weighted by molar-refractivity contribution is 6.17. The first-order valence-corrected chi connectivity index (χ1v) is 7.43. The van der Waals surface area contributed by atoms with Crippen LogP contribution in [0.25, 0.3) is 16.9 Å². The zero-order valence-electron chi connectivity index (χ0n) is 12.2. The standard InChI is InChI=1S/C16H11ClF3N3O/c17-10-14-15(11-4-2-1-3-5-11)23(22-21-14)12-6-8-13(9-7-12)24-16(18,19)20/h1-9H,10H2. The van der Waals surface area contributed by atoms with Crippen LogP contribution in [0, 0.1) is 0 Å². The number of ether oxygens (including phenoxy) is 1. The van der Waals surface area contributed by atoms with Crippen LogP contribution >= 0.6 is 11.6 Å². The maximum atomic E-state index is 12.2. The Hall–Kier alpha value is -2.54. The van der Waals surface area contributed by atoms with Crippen molar-refractivity contribution in [2.45, 2.75) is 12.2 Å². The minimum absolute atomic E-state index is 0.166. The molecule has 1 aromatic heterocycles. The molecule has 24 heavy (non-hydrogen) atoms. The minimum Gasteiger partial charge on any atom is -0.406 e. The van der Waals surface area contributed by atoms with Crippen LogP contribution in [-0.2, 0) is 5.88 Å². The molecule has 0 aliphatic carbocycles. The molecule has 0 N–H and O–H groups in total. The summed E-state index contributed by atoms with van der Waals surface area (Å²) < 4.78 is 42.1. The number of nitrogens with zero attached hydrogens (tertiary/aromatic N) is 3. The van der Waals surface area contributed by atoms with E-state index in [1.807, 2.05) is 30.3 Å². The summed E-state index contributed by atoms with van der Waals surface area (Å²) in [5.41, 5.74) is 2.68. The Labute approximate surface area is 140 Å². The van der Waals surface area contributed by atoms with Gasteiger partial charge in [0.25, 0.3) is 0 Å². The molecule has 3 aromatic rings. The molecule has 0 bridgehead atoms. The molecular weight excluding hydrogens is 343 g/mol. The van der Waals surface area contributed by atoms with Crippen LogP contribution in [0.3, 0.4) is 0 Å². The molecule has 124 valence electrons. The van der Waals surface area contributed by atoms with E-state index in [2.05, 4.69) is 15.0 Å². The van der Waals surface area contributed by atoms with Gasteiger partial charge in [0.15, 0.2) is 0 Å². The van der Waals surface area contributed by atoms with Gasteiger partial charge in [0.2, 0.25) is 0 Å². The molecule has 4 nitrogen and oxygen atoms in total. The molecule has 3 rings (SSSR count). The Morgan fingerprint density at radius 3 is 2.25 bits per heavy atom. The minimum atomic E-state index is -4.73. The molecule has 2 aromatic carbocycles.